The molecule has 3 heterocycles. The predicted molar refractivity (Wildman–Crippen MR) is 160 cm³/mol. The fraction of sp³-hybridized carbons (Fsp3) is 0.462. The van der Waals surface area contributed by atoms with Crippen LogP contribution in [0.1, 0.15) is 47.7 Å². The first kappa shape index (κ1) is 29.4. The Morgan fingerprint density at radius 2 is 1.50 bits per heavy atom. The molecule has 0 unspecified atom stereocenters. The van der Waals surface area contributed by atoms with Gasteiger partial charge in [-0.2, -0.15) is 5.10 Å². The van der Waals surface area contributed by atoms with Gasteiger partial charge in [-0.25, -0.2) is 4.39 Å². The lowest BCUT2D eigenvalue weighted by Gasteiger charge is -2.28. The van der Waals surface area contributed by atoms with Crippen LogP contribution in [0, 0.1) is 18.9 Å². The van der Waals surface area contributed by atoms with Gasteiger partial charge in [-0.1, -0.05) is 0 Å². The molecule has 0 saturated carbocycles. The van der Waals surface area contributed by atoms with Crippen LogP contribution in [-0.2, 0) is 0 Å². The number of halogens is 3. The number of aromatic nitrogens is 2. The average molecular weight is 720 g/mol. The van der Waals surface area contributed by atoms with Crippen LogP contribution in [0.2, 0.25) is 0 Å². The van der Waals surface area contributed by atoms with Crippen LogP contribution in [-0.4, -0.2) is 66.1 Å². The highest BCUT2D eigenvalue weighted by Crippen LogP contribution is 2.31. The van der Waals surface area contributed by atoms with Crippen molar-refractivity contribution in [2.45, 2.75) is 31.6 Å². The SMILES string of the molecule is CN1CCC(C(=O)c2cc(I)ccc2F)CC1.CN1CCC(c2[nH]nc3ccc(I)cc23)CC1.NN. The van der Waals surface area contributed by atoms with E-state index in [1.807, 2.05) is 7.05 Å². The van der Waals surface area contributed by atoms with Gasteiger partial charge in [-0.05, 0) is 148 Å². The number of nitrogens with two attached hydrogens (primary N) is 2. The van der Waals surface area contributed by atoms with E-state index in [0.29, 0.717) is 5.92 Å². The molecule has 196 valence electrons. The van der Waals surface area contributed by atoms with E-state index in [-0.39, 0.29) is 17.3 Å². The predicted octanol–water partition coefficient (Wildman–Crippen LogP) is 4.75. The van der Waals surface area contributed by atoms with Crippen molar-refractivity contribution in [1.82, 2.24) is 20.0 Å². The molecule has 0 bridgehead atoms. The molecule has 7 nitrogen and oxygen atoms in total. The Balaban J connectivity index is 0.000000188. The van der Waals surface area contributed by atoms with E-state index >= 15 is 0 Å². The summed E-state index contributed by atoms with van der Waals surface area (Å²) in [4.78, 5) is 16.8. The molecule has 3 aromatic rings. The molecule has 2 fully saturated rings. The number of hydrogen-bond donors (Lipinski definition) is 3. The summed E-state index contributed by atoms with van der Waals surface area (Å²) in [5.74, 6) is 8.21. The van der Waals surface area contributed by atoms with Gasteiger partial charge in [0.2, 0.25) is 0 Å². The lowest BCUT2D eigenvalue weighted by molar-refractivity contribution is 0.0852. The van der Waals surface area contributed by atoms with Crippen LogP contribution in [0.15, 0.2) is 36.4 Å². The lowest BCUT2D eigenvalue weighted by atomic mass is 9.89. The highest BCUT2D eigenvalue weighted by molar-refractivity contribution is 14.1. The average Bonchev–Trinajstić information content (AvgIpc) is 3.30. The van der Waals surface area contributed by atoms with E-state index in [2.05, 4.69) is 102 Å². The van der Waals surface area contributed by atoms with Gasteiger partial charge < -0.3 is 9.80 Å². The van der Waals surface area contributed by atoms with Crippen LogP contribution in [0.5, 0.6) is 0 Å². The van der Waals surface area contributed by atoms with E-state index in [1.165, 1.54) is 46.6 Å². The first-order valence-corrected chi connectivity index (χ1v) is 14.3. The van der Waals surface area contributed by atoms with Crippen LogP contribution in [0.3, 0.4) is 0 Å². The number of hydrogen-bond acceptors (Lipinski definition) is 6. The summed E-state index contributed by atoms with van der Waals surface area (Å²) in [6.45, 7) is 4.22. The normalized spacial score (nSPS) is 17.8. The molecule has 0 atom stereocenters. The molecule has 5 rings (SSSR count). The number of carbonyl (C=O) groups is 1. The Hall–Kier alpha value is -1.19. The summed E-state index contributed by atoms with van der Waals surface area (Å²) >= 11 is 4.47. The third kappa shape index (κ3) is 7.67. The zero-order valence-corrected chi connectivity index (χ0v) is 25.1. The van der Waals surface area contributed by atoms with Crippen molar-refractivity contribution in [2.75, 3.05) is 40.3 Å². The van der Waals surface area contributed by atoms with Gasteiger partial charge in [0, 0.05) is 30.1 Å². The minimum absolute atomic E-state index is 0.0149. The van der Waals surface area contributed by atoms with Gasteiger partial charge in [0.15, 0.2) is 5.78 Å². The number of likely N-dealkylation sites (tertiary alicyclic amines) is 2. The molecule has 0 aliphatic carbocycles. The third-order valence-electron chi connectivity index (χ3n) is 6.96. The number of H-pyrrole nitrogens is 1. The summed E-state index contributed by atoms with van der Waals surface area (Å²) < 4.78 is 15.8. The maximum atomic E-state index is 13.6. The van der Waals surface area contributed by atoms with Crippen LogP contribution >= 0.6 is 45.2 Å². The van der Waals surface area contributed by atoms with E-state index in [0.717, 1.165) is 35.0 Å². The molecule has 0 radical (unpaired) electrons. The maximum absolute atomic E-state index is 13.6. The number of aromatic amines is 1. The minimum Gasteiger partial charge on any atom is -0.306 e. The fourth-order valence-electron chi connectivity index (χ4n) is 4.79. The molecular formula is C26H35FI2N6O. The molecule has 10 heteroatoms. The summed E-state index contributed by atoms with van der Waals surface area (Å²) in [6.07, 6.45) is 4.14. The highest BCUT2D eigenvalue weighted by atomic mass is 127. The second-order valence-electron chi connectivity index (χ2n) is 9.44. The zero-order chi connectivity index (χ0) is 26.2. The second-order valence-corrected chi connectivity index (χ2v) is 11.9. The van der Waals surface area contributed by atoms with Crippen LogP contribution in [0.25, 0.3) is 10.9 Å². The standard InChI is InChI=1S/C13H15FINO.C13H16IN3.H4N2/c1-16-6-4-9(5-7-16)13(17)11-8-10(15)2-3-12(11)14;1-17-6-4-9(5-7-17)13-11-8-10(14)2-3-12(11)15-16-13;1-2/h2-3,8-9H,4-7H2,1H3;2-3,8-9H,4-7H2,1H3,(H,15,16);1-2H2. The van der Waals surface area contributed by atoms with E-state index < -0.39 is 5.82 Å². The summed E-state index contributed by atoms with van der Waals surface area (Å²) in [5.41, 5.74) is 2.69. The Morgan fingerprint density at radius 1 is 0.944 bits per heavy atom. The number of rotatable bonds is 3. The topological polar surface area (TPSA) is 104 Å². The molecule has 2 aliphatic rings. The molecule has 2 aliphatic heterocycles. The van der Waals surface area contributed by atoms with Crippen molar-refractivity contribution in [3.8, 4) is 0 Å². The molecule has 0 spiro atoms. The van der Waals surface area contributed by atoms with E-state index in [1.54, 1.807) is 12.1 Å². The molecule has 2 aromatic carbocycles. The van der Waals surface area contributed by atoms with Gasteiger partial charge in [0.1, 0.15) is 5.82 Å². The van der Waals surface area contributed by atoms with Gasteiger partial charge in [-0.3, -0.25) is 21.6 Å². The van der Waals surface area contributed by atoms with Crippen molar-refractivity contribution < 1.29 is 9.18 Å². The monoisotopic (exact) mass is 720 g/mol. The largest absolute Gasteiger partial charge is 0.306 e. The molecule has 2 saturated heterocycles. The quantitative estimate of drug-likeness (QED) is 0.156. The first-order chi connectivity index (χ1) is 17.3. The highest BCUT2D eigenvalue weighted by Gasteiger charge is 2.26. The Labute approximate surface area is 239 Å². The van der Waals surface area contributed by atoms with E-state index in [9.17, 15) is 9.18 Å². The maximum Gasteiger partial charge on any atom is 0.169 e. The number of nitrogens with one attached hydrogen (secondary N) is 1. The van der Waals surface area contributed by atoms with Gasteiger partial charge in [-0.15, -0.1) is 0 Å². The molecule has 5 N–H and O–H groups in total. The smallest absolute Gasteiger partial charge is 0.169 e. The van der Waals surface area contributed by atoms with Crippen molar-refractivity contribution in [2.24, 2.45) is 17.6 Å². The number of Topliss-reactive ketones (excluding diaryl/α,β-unsaturated/α-hetero) is 1. The number of piperidine rings is 2. The number of nitrogens with zero attached hydrogens (tertiary/aromatic N) is 3. The number of fused-ring (bicyclic) bond motifs is 1. The second kappa shape index (κ2) is 14.1. The number of hydrazine groups is 1. The number of carbonyl (C=O) groups excluding carboxylic acids is 1. The Kier molecular flexibility index (Phi) is 11.5. The van der Waals surface area contributed by atoms with Crippen molar-refractivity contribution in [1.29, 1.82) is 0 Å². The molecular weight excluding hydrogens is 685 g/mol. The minimum atomic E-state index is -0.394. The molecule has 1 aromatic heterocycles. The lowest BCUT2D eigenvalue weighted by Crippen LogP contribution is -2.33. The first-order valence-electron chi connectivity index (χ1n) is 12.1. The molecule has 0 amide bonds. The Morgan fingerprint density at radius 3 is 2.14 bits per heavy atom. The summed E-state index contributed by atoms with van der Waals surface area (Å²) in [6, 6.07) is 11.2. The number of benzene rings is 2. The van der Waals surface area contributed by atoms with Gasteiger partial charge in [0.05, 0.1) is 11.1 Å². The summed E-state index contributed by atoms with van der Waals surface area (Å²) in [7, 11) is 4.25. The summed E-state index contributed by atoms with van der Waals surface area (Å²) in [5, 5.41) is 8.98. The van der Waals surface area contributed by atoms with Gasteiger partial charge >= 0.3 is 0 Å². The zero-order valence-electron chi connectivity index (χ0n) is 20.8. The van der Waals surface area contributed by atoms with Crippen molar-refractivity contribution >= 4 is 61.9 Å². The Bertz CT molecular complexity index is 1140. The third-order valence-corrected chi connectivity index (χ3v) is 8.30. The van der Waals surface area contributed by atoms with E-state index in [4.69, 9.17) is 0 Å². The van der Waals surface area contributed by atoms with Crippen LogP contribution in [0.4, 0.5) is 4.39 Å². The number of ketones is 1. The van der Waals surface area contributed by atoms with Crippen molar-refractivity contribution in [3.63, 3.8) is 0 Å². The van der Waals surface area contributed by atoms with Gasteiger partial charge in [0.25, 0.3) is 0 Å². The fourth-order valence-corrected chi connectivity index (χ4v) is 5.77. The van der Waals surface area contributed by atoms with Crippen molar-refractivity contribution in [3.05, 3.63) is 60.6 Å². The molecule has 36 heavy (non-hydrogen) atoms. The van der Waals surface area contributed by atoms with Crippen LogP contribution < -0.4 is 11.7 Å².